The molecule has 8 aromatic carbocycles. The van der Waals surface area contributed by atoms with E-state index in [1.807, 2.05) is 6.07 Å². The third-order valence-corrected chi connectivity index (χ3v) is 12.6. The van der Waals surface area contributed by atoms with Crippen molar-refractivity contribution in [2.45, 2.75) is 93.9 Å². The first kappa shape index (κ1) is 45.7. The summed E-state index contributed by atoms with van der Waals surface area (Å²) in [5.41, 5.74) is 19.6. The molecule has 0 saturated carbocycles. The van der Waals surface area contributed by atoms with Crippen LogP contribution in [-0.4, -0.2) is 9.52 Å². The van der Waals surface area contributed by atoms with Gasteiger partial charge in [-0.3, -0.25) is 0 Å². The molecule has 8 aromatic rings. The van der Waals surface area contributed by atoms with E-state index in [0.29, 0.717) is 0 Å². The number of hydrogen-bond acceptors (Lipinski definition) is 0. The van der Waals surface area contributed by atoms with E-state index < -0.39 is 20.8 Å². The van der Waals surface area contributed by atoms with Crippen LogP contribution in [0.2, 0.25) is 0 Å². The average Bonchev–Trinajstić information content (AvgIpc) is 3.95. The zero-order chi connectivity index (χ0) is 42.8. The second-order valence-corrected chi connectivity index (χ2v) is 21.1. The van der Waals surface area contributed by atoms with Gasteiger partial charge in [0.05, 0.1) is 9.52 Å². The van der Waals surface area contributed by atoms with Gasteiger partial charge in [0.25, 0.3) is 0 Å². The van der Waals surface area contributed by atoms with Crippen molar-refractivity contribution < 1.29 is 20.8 Å². The standard InChI is InChI=1S/2C22H25.C12H7Si.2ClH.Zr/c2*1-5-7-17-13-19-9-8-18(6-2)22(21(19)14-17)20-11-15(3)10-16(4)12-20;1-3-7-11-9(5-1)10-6-2-4-8-12(10)13-11;;;/h2*8-14H,5-7H2,1-4H3;1-7H;2*1H;/q3*-1;;;+2/p-2. The summed E-state index contributed by atoms with van der Waals surface area (Å²) in [6.45, 7) is 17.8. The molecule has 0 aliphatic carbocycles. The number of fused-ring (bicyclic) bond motifs is 5. The molecule has 0 nitrogen and oxygen atoms in total. The summed E-state index contributed by atoms with van der Waals surface area (Å²) in [6, 6.07) is 50.7. The van der Waals surface area contributed by atoms with Crippen molar-refractivity contribution in [3.05, 3.63) is 178 Å². The van der Waals surface area contributed by atoms with Crippen molar-refractivity contribution in [1.29, 1.82) is 0 Å². The number of aryl methyl sites for hydroxylation is 8. The van der Waals surface area contributed by atoms with Gasteiger partial charge in [-0.15, -0.1) is 74.6 Å². The van der Waals surface area contributed by atoms with E-state index in [4.69, 9.17) is 17.0 Å². The van der Waals surface area contributed by atoms with Crippen molar-refractivity contribution in [2.75, 3.05) is 0 Å². The summed E-state index contributed by atoms with van der Waals surface area (Å²) in [6.07, 6.45) is 6.90. The molecule has 9 rings (SSSR count). The molecule has 0 saturated heterocycles. The smallest absolute Gasteiger partial charge is 0.0920 e. The normalized spacial score (nSPS) is 11.2. The Bertz CT molecular complexity index is 2450. The van der Waals surface area contributed by atoms with Gasteiger partial charge in [-0.2, -0.15) is 41.6 Å². The van der Waals surface area contributed by atoms with Crippen LogP contribution in [0.5, 0.6) is 0 Å². The fraction of sp³-hybridized carbons (Fsp3) is 0.250. The molecule has 0 bridgehead atoms. The molecule has 1 aliphatic heterocycles. The minimum atomic E-state index is -0.826. The van der Waals surface area contributed by atoms with Crippen molar-refractivity contribution in [1.82, 2.24) is 0 Å². The van der Waals surface area contributed by atoms with Gasteiger partial charge < -0.3 is 0 Å². The minimum Gasteiger partial charge on any atom is -0.184 e. The quantitative estimate of drug-likeness (QED) is 0.105. The summed E-state index contributed by atoms with van der Waals surface area (Å²) < 4.78 is 0. The fourth-order valence-corrected chi connectivity index (χ4v) is 10.2. The van der Waals surface area contributed by atoms with E-state index in [0.717, 1.165) is 22.4 Å². The van der Waals surface area contributed by atoms with Gasteiger partial charge in [0.1, 0.15) is 0 Å². The predicted octanol–water partition coefficient (Wildman–Crippen LogP) is 15.2. The summed E-state index contributed by atoms with van der Waals surface area (Å²) in [5.74, 6) is 0. The molecular formula is C56H57Cl2SiZr-3. The zero-order valence-electron chi connectivity index (χ0n) is 36.6. The maximum absolute atomic E-state index is 4.93. The average molecular weight is 920 g/mol. The van der Waals surface area contributed by atoms with Crippen LogP contribution in [0.15, 0.2) is 127 Å². The molecule has 60 heavy (non-hydrogen) atoms. The maximum atomic E-state index is 4.93. The third kappa shape index (κ3) is 11.0. The number of halogens is 2. The number of benzene rings is 6. The number of rotatable bonds is 8. The molecule has 0 N–H and O–H groups in total. The van der Waals surface area contributed by atoms with Crippen molar-refractivity contribution >= 4 is 58.5 Å². The van der Waals surface area contributed by atoms with Crippen LogP contribution in [0.1, 0.15) is 85.0 Å². The predicted molar refractivity (Wildman–Crippen MR) is 263 cm³/mol. The number of hydrogen-bond donors (Lipinski definition) is 0. The summed E-state index contributed by atoms with van der Waals surface area (Å²) >= 11 is -0.826. The van der Waals surface area contributed by atoms with Gasteiger partial charge in [0.15, 0.2) is 0 Å². The fourth-order valence-electron chi connectivity index (χ4n) is 8.88. The molecule has 1 heterocycles. The topological polar surface area (TPSA) is 0 Å². The van der Waals surface area contributed by atoms with Crippen LogP contribution >= 0.6 is 17.0 Å². The molecule has 0 unspecified atom stereocenters. The van der Waals surface area contributed by atoms with Gasteiger partial charge in [-0.05, 0) is 64.5 Å². The Kier molecular flexibility index (Phi) is 16.6. The van der Waals surface area contributed by atoms with Gasteiger partial charge in [-0.1, -0.05) is 156 Å². The van der Waals surface area contributed by atoms with E-state index >= 15 is 0 Å². The van der Waals surface area contributed by atoms with Gasteiger partial charge in [0.2, 0.25) is 0 Å². The monoisotopic (exact) mass is 917 g/mol. The Morgan fingerprint density at radius 3 is 1.45 bits per heavy atom. The van der Waals surface area contributed by atoms with Crippen LogP contribution in [0.3, 0.4) is 0 Å². The molecule has 0 amide bonds. The summed E-state index contributed by atoms with van der Waals surface area (Å²) in [5, 5.41) is 8.44. The molecule has 0 atom stereocenters. The largest absolute Gasteiger partial charge is 0.184 e. The van der Waals surface area contributed by atoms with E-state index in [-0.39, 0.29) is 0 Å². The summed E-state index contributed by atoms with van der Waals surface area (Å²) in [7, 11) is 10.7. The Balaban J connectivity index is 0.000000150. The molecule has 1 aliphatic rings. The van der Waals surface area contributed by atoms with Crippen LogP contribution in [0, 0.1) is 33.8 Å². The Morgan fingerprint density at radius 2 is 1.00 bits per heavy atom. The van der Waals surface area contributed by atoms with Crippen LogP contribution in [0.4, 0.5) is 0 Å². The molecule has 0 aromatic heterocycles. The SMILES string of the molecule is CCCc1cc2c(-c3cc(C)cc(C)c3)c(CC)ccc2[cH-]1.CCCc1cc2c(-c3cc(C)cc(C)c3)c(CC)ccc2[cH-]1.[Cl][Zr][Cl].[c-]1cccc2c1[Si]c1ccccc1-2. The van der Waals surface area contributed by atoms with Crippen molar-refractivity contribution in [3.8, 4) is 33.4 Å². The molecule has 2 radical (unpaired) electrons. The van der Waals surface area contributed by atoms with Gasteiger partial charge in [0, 0.05) is 0 Å². The Morgan fingerprint density at radius 1 is 0.550 bits per heavy atom. The van der Waals surface area contributed by atoms with Crippen LogP contribution in [-0.2, 0) is 46.5 Å². The molecule has 0 spiro atoms. The van der Waals surface area contributed by atoms with Crippen molar-refractivity contribution in [2.24, 2.45) is 0 Å². The van der Waals surface area contributed by atoms with E-state index in [1.54, 1.807) is 0 Å². The summed E-state index contributed by atoms with van der Waals surface area (Å²) in [4.78, 5) is 0. The molecular weight excluding hydrogens is 863 g/mol. The van der Waals surface area contributed by atoms with E-state index in [2.05, 4.69) is 183 Å². The second kappa shape index (κ2) is 21.8. The molecule has 0 fully saturated rings. The Hall–Kier alpha value is -3.78. The first-order valence-corrected chi connectivity index (χ1v) is 28.9. The Labute approximate surface area is 381 Å². The van der Waals surface area contributed by atoms with Gasteiger partial charge in [-0.25, -0.2) is 0 Å². The molecule has 306 valence electrons. The first-order chi connectivity index (χ1) is 29.1. The van der Waals surface area contributed by atoms with E-state index in [1.165, 1.54) is 135 Å². The minimum absolute atomic E-state index is 0.795. The second-order valence-electron chi connectivity index (χ2n) is 16.1. The third-order valence-electron chi connectivity index (χ3n) is 11.3. The molecule has 4 heteroatoms. The van der Waals surface area contributed by atoms with Crippen LogP contribution in [0.25, 0.3) is 54.9 Å². The van der Waals surface area contributed by atoms with Crippen LogP contribution < -0.4 is 10.4 Å². The van der Waals surface area contributed by atoms with Crippen molar-refractivity contribution in [3.63, 3.8) is 0 Å². The first-order valence-electron chi connectivity index (χ1n) is 21.5. The zero-order valence-corrected chi connectivity index (χ0v) is 41.6. The maximum Gasteiger partial charge on any atom is 0.0920 e. The van der Waals surface area contributed by atoms with Gasteiger partial charge >= 0.3 is 37.9 Å². The van der Waals surface area contributed by atoms with E-state index in [9.17, 15) is 0 Å².